The Labute approximate surface area is 91.5 Å². The number of benzene rings is 1. The van der Waals surface area contributed by atoms with Gasteiger partial charge in [0.25, 0.3) is 0 Å². The molecular formula is C14H16O. The van der Waals surface area contributed by atoms with Crippen molar-refractivity contribution in [3.05, 3.63) is 34.9 Å². The van der Waals surface area contributed by atoms with Gasteiger partial charge in [0.05, 0.1) is 0 Å². The Morgan fingerprint density at radius 2 is 1.87 bits per heavy atom. The number of carbonyl (C=O) groups is 1. The molecule has 0 aliphatic carbocycles. The van der Waals surface area contributed by atoms with Crippen LogP contribution < -0.4 is 0 Å². The van der Waals surface area contributed by atoms with E-state index in [2.05, 4.69) is 11.8 Å². The Bertz CT molecular complexity index is 398. The maximum atomic E-state index is 11.9. The summed E-state index contributed by atoms with van der Waals surface area (Å²) in [6.45, 7) is 5.75. The van der Waals surface area contributed by atoms with Crippen molar-refractivity contribution in [2.24, 2.45) is 0 Å². The molecule has 1 aromatic carbocycles. The quantitative estimate of drug-likeness (QED) is 0.540. The van der Waals surface area contributed by atoms with Gasteiger partial charge < -0.3 is 0 Å². The van der Waals surface area contributed by atoms with Crippen LogP contribution in [-0.2, 0) is 0 Å². The molecule has 0 saturated heterocycles. The summed E-state index contributed by atoms with van der Waals surface area (Å²) in [5, 5.41) is 0. The average Bonchev–Trinajstić information content (AvgIpc) is 2.18. The predicted octanol–water partition coefficient (Wildman–Crippen LogP) is 3.29. The van der Waals surface area contributed by atoms with E-state index >= 15 is 0 Å². The fourth-order valence-corrected chi connectivity index (χ4v) is 1.68. The van der Waals surface area contributed by atoms with Crippen LogP contribution in [0.2, 0.25) is 0 Å². The molecule has 0 N–H and O–H groups in total. The van der Waals surface area contributed by atoms with E-state index in [4.69, 9.17) is 0 Å². The second-order valence-corrected chi connectivity index (χ2v) is 3.62. The highest BCUT2D eigenvalue weighted by atomic mass is 16.1. The monoisotopic (exact) mass is 200 g/mol. The van der Waals surface area contributed by atoms with Gasteiger partial charge in [0, 0.05) is 18.4 Å². The van der Waals surface area contributed by atoms with Gasteiger partial charge in [0.15, 0.2) is 5.78 Å². The summed E-state index contributed by atoms with van der Waals surface area (Å²) in [5.74, 6) is 5.92. The maximum absolute atomic E-state index is 11.9. The largest absolute Gasteiger partial charge is 0.294 e. The molecule has 0 aromatic heterocycles. The molecule has 0 saturated carbocycles. The third-order valence-corrected chi connectivity index (χ3v) is 2.41. The van der Waals surface area contributed by atoms with E-state index in [0.29, 0.717) is 12.8 Å². The molecule has 1 nitrogen and oxygen atoms in total. The Balaban J connectivity index is 2.85. The first-order chi connectivity index (χ1) is 7.16. The second-order valence-electron chi connectivity index (χ2n) is 3.62. The maximum Gasteiger partial charge on any atom is 0.164 e. The minimum atomic E-state index is 0.202. The van der Waals surface area contributed by atoms with Crippen molar-refractivity contribution in [1.82, 2.24) is 0 Å². The van der Waals surface area contributed by atoms with Crippen LogP contribution in [0.15, 0.2) is 18.2 Å². The average molecular weight is 200 g/mol. The van der Waals surface area contributed by atoms with Gasteiger partial charge in [-0.15, -0.1) is 11.8 Å². The zero-order valence-corrected chi connectivity index (χ0v) is 9.55. The highest BCUT2D eigenvalue weighted by Crippen LogP contribution is 2.15. The van der Waals surface area contributed by atoms with Gasteiger partial charge in [-0.2, -0.15) is 0 Å². The number of rotatable bonds is 3. The van der Waals surface area contributed by atoms with Crippen LogP contribution in [0.1, 0.15) is 41.3 Å². The number of hydrogen-bond acceptors (Lipinski definition) is 1. The zero-order valence-electron chi connectivity index (χ0n) is 9.55. The first kappa shape index (κ1) is 11.5. The molecule has 78 valence electrons. The Kier molecular flexibility index (Phi) is 4.12. The van der Waals surface area contributed by atoms with Gasteiger partial charge in [0.2, 0.25) is 0 Å². The lowest BCUT2D eigenvalue weighted by atomic mass is 9.97. The molecular weight excluding hydrogens is 184 g/mol. The van der Waals surface area contributed by atoms with Crippen LogP contribution in [0.5, 0.6) is 0 Å². The van der Waals surface area contributed by atoms with Crippen molar-refractivity contribution < 1.29 is 4.79 Å². The van der Waals surface area contributed by atoms with Crippen molar-refractivity contribution in [3.63, 3.8) is 0 Å². The summed E-state index contributed by atoms with van der Waals surface area (Å²) in [7, 11) is 0. The second kappa shape index (κ2) is 5.36. The van der Waals surface area contributed by atoms with Crippen molar-refractivity contribution in [3.8, 4) is 11.8 Å². The summed E-state index contributed by atoms with van der Waals surface area (Å²) in [4.78, 5) is 11.9. The van der Waals surface area contributed by atoms with Crippen molar-refractivity contribution in [2.45, 2.75) is 33.6 Å². The van der Waals surface area contributed by atoms with Gasteiger partial charge in [0.1, 0.15) is 0 Å². The summed E-state index contributed by atoms with van der Waals surface area (Å²) in [6.07, 6.45) is 1.18. The number of ketones is 1. The minimum absolute atomic E-state index is 0.202. The van der Waals surface area contributed by atoms with E-state index in [0.717, 1.165) is 16.7 Å². The van der Waals surface area contributed by atoms with E-state index in [1.54, 1.807) is 6.92 Å². The normalized spacial score (nSPS) is 9.27. The van der Waals surface area contributed by atoms with Crippen LogP contribution in [0.4, 0.5) is 0 Å². The first-order valence-corrected chi connectivity index (χ1v) is 5.16. The summed E-state index contributed by atoms with van der Waals surface area (Å²) in [6, 6.07) is 5.94. The van der Waals surface area contributed by atoms with Gasteiger partial charge in [-0.3, -0.25) is 4.79 Å². The Hall–Kier alpha value is -1.55. The molecule has 0 fully saturated rings. The molecule has 0 aliphatic rings. The lowest BCUT2D eigenvalue weighted by Crippen LogP contribution is -2.03. The van der Waals surface area contributed by atoms with E-state index < -0.39 is 0 Å². The molecule has 0 unspecified atom stereocenters. The smallest absolute Gasteiger partial charge is 0.164 e. The van der Waals surface area contributed by atoms with Crippen LogP contribution in [-0.4, -0.2) is 5.78 Å². The van der Waals surface area contributed by atoms with Crippen molar-refractivity contribution >= 4 is 5.78 Å². The molecule has 1 aromatic rings. The summed E-state index contributed by atoms with van der Waals surface area (Å²) < 4.78 is 0. The number of aryl methyl sites for hydroxylation is 2. The molecule has 0 heterocycles. The fourth-order valence-electron chi connectivity index (χ4n) is 1.68. The van der Waals surface area contributed by atoms with E-state index in [1.807, 2.05) is 32.0 Å². The predicted molar refractivity (Wildman–Crippen MR) is 62.9 cm³/mol. The van der Waals surface area contributed by atoms with Crippen LogP contribution in [0.3, 0.4) is 0 Å². The summed E-state index contributed by atoms with van der Waals surface area (Å²) >= 11 is 0. The molecule has 0 bridgehead atoms. The molecule has 1 rings (SSSR count). The fraction of sp³-hybridized carbons (Fsp3) is 0.357. The number of carbonyl (C=O) groups excluding carboxylic acids is 1. The lowest BCUT2D eigenvalue weighted by molar-refractivity contribution is 0.0983. The number of hydrogen-bond donors (Lipinski definition) is 0. The van der Waals surface area contributed by atoms with Crippen LogP contribution in [0, 0.1) is 25.7 Å². The highest BCUT2D eigenvalue weighted by molar-refractivity contribution is 5.98. The molecule has 1 heteroatoms. The molecule has 0 spiro atoms. The minimum Gasteiger partial charge on any atom is -0.294 e. The van der Waals surface area contributed by atoms with Gasteiger partial charge in [-0.25, -0.2) is 0 Å². The third-order valence-electron chi connectivity index (χ3n) is 2.41. The lowest BCUT2D eigenvalue weighted by Gasteiger charge is -2.06. The third kappa shape index (κ3) is 2.95. The summed E-state index contributed by atoms with van der Waals surface area (Å²) in [5.41, 5.74) is 2.99. The van der Waals surface area contributed by atoms with Crippen molar-refractivity contribution in [2.75, 3.05) is 0 Å². The molecule has 0 aliphatic heterocycles. The molecule has 0 atom stereocenters. The molecule has 0 radical (unpaired) electrons. The topological polar surface area (TPSA) is 17.1 Å². The van der Waals surface area contributed by atoms with E-state index in [-0.39, 0.29) is 5.78 Å². The standard InChI is InChI=1S/C14H16O/c1-4-5-6-10-13(15)14-11(2)8-7-9-12(14)3/h7-9H,6,10H2,1-3H3. The zero-order chi connectivity index (χ0) is 11.3. The molecule has 15 heavy (non-hydrogen) atoms. The first-order valence-electron chi connectivity index (χ1n) is 5.16. The van der Waals surface area contributed by atoms with E-state index in [9.17, 15) is 4.79 Å². The Morgan fingerprint density at radius 3 is 2.40 bits per heavy atom. The SMILES string of the molecule is CC#CCCC(=O)c1c(C)cccc1C. The van der Waals surface area contributed by atoms with Gasteiger partial charge >= 0.3 is 0 Å². The number of Topliss-reactive ketones (excluding diaryl/α,β-unsaturated/α-hetero) is 1. The highest BCUT2D eigenvalue weighted by Gasteiger charge is 2.10. The van der Waals surface area contributed by atoms with E-state index in [1.165, 1.54) is 0 Å². The van der Waals surface area contributed by atoms with Gasteiger partial charge in [-0.05, 0) is 31.9 Å². The van der Waals surface area contributed by atoms with Gasteiger partial charge in [-0.1, -0.05) is 18.2 Å². The Morgan fingerprint density at radius 1 is 1.27 bits per heavy atom. The molecule has 0 amide bonds. The van der Waals surface area contributed by atoms with Crippen molar-refractivity contribution in [1.29, 1.82) is 0 Å². The van der Waals surface area contributed by atoms with Crippen LogP contribution >= 0.6 is 0 Å². The van der Waals surface area contributed by atoms with Crippen LogP contribution in [0.25, 0.3) is 0 Å².